The molecule has 0 saturated heterocycles. The van der Waals surface area contributed by atoms with Gasteiger partial charge in [-0.1, -0.05) is 62.4 Å². The molecule has 0 aliphatic heterocycles. The lowest BCUT2D eigenvalue weighted by atomic mass is 9.95. The molecule has 1 unspecified atom stereocenters. The number of benzene rings is 2. The summed E-state index contributed by atoms with van der Waals surface area (Å²) >= 11 is 0. The van der Waals surface area contributed by atoms with Gasteiger partial charge in [0, 0.05) is 6.04 Å². The van der Waals surface area contributed by atoms with Crippen LogP contribution >= 0.6 is 0 Å². The molecule has 0 aromatic heterocycles. The van der Waals surface area contributed by atoms with Gasteiger partial charge in [-0.25, -0.2) is 0 Å². The van der Waals surface area contributed by atoms with Crippen LogP contribution in [0.4, 0.5) is 0 Å². The Morgan fingerprint density at radius 1 is 0.900 bits per heavy atom. The SMILES string of the molecule is Cc1ccccc1CC(N)c1ccc(CC(C)C)cc1. The maximum Gasteiger partial charge on any atom is 0.0335 e. The van der Waals surface area contributed by atoms with Crippen LogP contribution in [0.2, 0.25) is 0 Å². The molecule has 0 amide bonds. The van der Waals surface area contributed by atoms with Crippen molar-refractivity contribution in [2.45, 2.75) is 39.7 Å². The van der Waals surface area contributed by atoms with Gasteiger partial charge in [0.05, 0.1) is 0 Å². The summed E-state index contributed by atoms with van der Waals surface area (Å²) in [6.45, 7) is 6.64. The van der Waals surface area contributed by atoms with Gasteiger partial charge >= 0.3 is 0 Å². The zero-order valence-corrected chi connectivity index (χ0v) is 12.8. The maximum absolute atomic E-state index is 6.35. The average molecular weight is 267 g/mol. The molecule has 0 radical (unpaired) electrons. The van der Waals surface area contributed by atoms with Crippen molar-refractivity contribution in [1.82, 2.24) is 0 Å². The van der Waals surface area contributed by atoms with Crippen molar-refractivity contribution in [3.05, 3.63) is 70.8 Å². The monoisotopic (exact) mass is 267 g/mol. The van der Waals surface area contributed by atoms with Crippen LogP contribution in [0.15, 0.2) is 48.5 Å². The average Bonchev–Trinajstić information content (AvgIpc) is 2.41. The molecule has 1 nitrogen and oxygen atoms in total. The predicted octanol–water partition coefficient (Wildman–Crippen LogP) is 4.44. The molecule has 0 saturated carbocycles. The van der Waals surface area contributed by atoms with Crippen LogP contribution in [-0.2, 0) is 12.8 Å². The van der Waals surface area contributed by atoms with Crippen molar-refractivity contribution in [2.75, 3.05) is 0 Å². The molecule has 2 aromatic rings. The zero-order valence-electron chi connectivity index (χ0n) is 12.8. The molecule has 0 fully saturated rings. The van der Waals surface area contributed by atoms with Crippen molar-refractivity contribution < 1.29 is 0 Å². The molecule has 0 spiro atoms. The standard InChI is InChI=1S/C19H25N/c1-14(2)12-16-8-10-17(11-9-16)19(20)13-18-7-5-4-6-15(18)3/h4-11,14,19H,12-13,20H2,1-3H3. The number of aryl methyl sites for hydroxylation is 1. The van der Waals surface area contributed by atoms with Crippen molar-refractivity contribution in [3.63, 3.8) is 0 Å². The number of hydrogen-bond donors (Lipinski definition) is 1. The summed E-state index contributed by atoms with van der Waals surface area (Å²) in [7, 11) is 0. The lowest BCUT2D eigenvalue weighted by molar-refractivity contribution is 0.646. The summed E-state index contributed by atoms with van der Waals surface area (Å²) in [5.41, 5.74) is 11.6. The van der Waals surface area contributed by atoms with Crippen LogP contribution in [0.1, 0.15) is 42.1 Å². The van der Waals surface area contributed by atoms with E-state index in [0.29, 0.717) is 5.92 Å². The summed E-state index contributed by atoms with van der Waals surface area (Å²) in [5.74, 6) is 0.696. The Morgan fingerprint density at radius 2 is 1.55 bits per heavy atom. The lowest BCUT2D eigenvalue weighted by Gasteiger charge is -2.15. The van der Waals surface area contributed by atoms with Gasteiger partial charge in [-0.3, -0.25) is 0 Å². The summed E-state index contributed by atoms with van der Waals surface area (Å²) in [5, 5.41) is 0. The van der Waals surface area contributed by atoms with Crippen LogP contribution in [-0.4, -0.2) is 0 Å². The van der Waals surface area contributed by atoms with Gasteiger partial charge in [-0.15, -0.1) is 0 Å². The van der Waals surface area contributed by atoms with Crippen LogP contribution in [0.5, 0.6) is 0 Å². The Hall–Kier alpha value is -1.60. The van der Waals surface area contributed by atoms with Gasteiger partial charge < -0.3 is 5.73 Å². The second-order valence-electron chi connectivity index (χ2n) is 6.08. The Kier molecular flexibility index (Phi) is 4.97. The first-order chi connectivity index (χ1) is 9.56. The smallest absolute Gasteiger partial charge is 0.0335 e. The summed E-state index contributed by atoms with van der Waals surface area (Å²) in [4.78, 5) is 0. The third-order valence-corrected chi connectivity index (χ3v) is 3.75. The first kappa shape index (κ1) is 14.8. The predicted molar refractivity (Wildman–Crippen MR) is 86.8 cm³/mol. The minimum atomic E-state index is 0.0733. The van der Waals surface area contributed by atoms with E-state index in [9.17, 15) is 0 Å². The van der Waals surface area contributed by atoms with Gasteiger partial charge in [0.2, 0.25) is 0 Å². The van der Waals surface area contributed by atoms with E-state index in [1.807, 2.05) is 0 Å². The first-order valence-electron chi connectivity index (χ1n) is 7.45. The topological polar surface area (TPSA) is 26.0 Å². The normalized spacial score (nSPS) is 12.7. The van der Waals surface area contributed by atoms with Gasteiger partial charge in [0.1, 0.15) is 0 Å². The van der Waals surface area contributed by atoms with E-state index >= 15 is 0 Å². The highest BCUT2D eigenvalue weighted by Gasteiger charge is 2.09. The van der Waals surface area contributed by atoms with Gasteiger partial charge in [-0.2, -0.15) is 0 Å². The van der Waals surface area contributed by atoms with Crippen molar-refractivity contribution >= 4 is 0 Å². The third-order valence-electron chi connectivity index (χ3n) is 3.75. The molecule has 0 bridgehead atoms. The van der Waals surface area contributed by atoms with Gasteiger partial charge in [0.25, 0.3) is 0 Å². The first-order valence-corrected chi connectivity index (χ1v) is 7.45. The van der Waals surface area contributed by atoms with E-state index in [1.165, 1.54) is 22.3 Å². The summed E-state index contributed by atoms with van der Waals surface area (Å²) in [6, 6.07) is 17.3. The molecule has 2 N–H and O–H groups in total. The van der Waals surface area contributed by atoms with E-state index in [4.69, 9.17) is 5.73 Å². The molecular formula is C19H25N. The van der Waals surface area contributed by atoms with E-state index in [2.05, 4.69) is 69.3 Å². The molecule has 20 heavy (non-hydrogen) atoms. The Bertz CT molecular complexity index is 540. The number of nitrogens with two attached hydrogens (primary N) is 1. The quantitative estimate of drug-likeness (QED) is 0.851. The van der Waals surface area contributed by atoms with E-state index in [1.54, 1.807) is 0 Å². The summed E-state index contributed by atoms with van der Waals surface area (Å²) in [6.07, 6.45) is 2.03. The zero-order chi connectivity index (χ0) is 14.5. The van der Waals surface area contributed by atoms with Gasteiger partial charge in [0.15, 0.2) is 0 Å². The second-order valence-corrected chi connectivity index (χ2v) is 6.08. The highest BCUT2D eigenvalue weighted by atomic mass is 14.6. The Morgan fingerprint density at radius 3 is 2.15 bits per heavy atom. The molecular weight excluding hydrogens is 242 g/mol. The van der Waals surface area contributed by atoms with Crippen molar-refractivity contribution in [1.29, 1.82) is 0 Å². The highest BCUT2D eigenvalue weighted by Crippen LogP contribution is 2.19. The molecule has 0 aliphatic rings. The lowest BCUT2D eigenvalue weighted by Crippen LogP contribution is -2.14. The molecule has 2 aromatic carbocycles. The largest absolute Gasteiger partial charge is 0.324 e. The van der Waals surface area contributed by atoms with Crippen LogP contribution in [0.25, 0.3) is 0 Å². The molecule has 1 atom stereocenters. The van der Waals surface area contributed by atoms with Crippen molar-refractivity contribution in [3.8, 4) is 0 Å². The van der Waals surface area contributed by atoms with Crippen LogP contribution in [0, 0.1) is 12.8 Å². The van der Waals surface area contributed by atoms with Gasteiger partial charge in [-0.05, 0) is 47.9 Å². The minimum absolute atomic E-state index is 0.0733. The fourth-order valence-electron chi connectivity index (χ4n) is 2.57. The maximum atomic E-state index is 6.35. The summed E-state index contributed by atoms with van der Waals surface area (Å²) < 4.78 is 0. The third kappa shape index (κ3) is 3.94. The van der Waals surface area contributed by atoms with E-state index in [-0.39, 0.29) is 6.04 Å². The van der Waals surface area contributed by atoms with E-state index < -0.39 is 0 Å². The van der Waals surface area contributed by atoms with E-state index in [0.717, 1.165) is 12.8 Å². The Balaban J connectivity index is 2.06. The second kappa shape index (κ2) is 6.71. The highest BCUT2D eigenvalue weighted by molar-refractivity contribution is 5.30. The minimum Gasteiger partial charge on any atom is -0.324 e. The molecule has 106 valence electrons. The van der Waals surface area contributed by atoms with Crippen LogP contribution < -0.4 is 5.73 Å². The molecule has 0 heterocycles. The fourth-order valence-corrected chi connectivity index (χ4v) is 2.57. The van der Waals surface area contributed by atoms with Crippen LogP contribution in [0.3, 0.4) is 0 Å². The molecule has 2 rings (SSSR count). The number of hydrogen-bond acceptors (Lipinski definition) is 1. The Labute approximate surface area is 122 Å². The number of rotatable bonds is 5. The fraction of sp³-hybridized carbons (Fsp3) is 0.368. The molecule has 0 aliphatic carbocycles. The molecule has 1 heteroatoms. The van der Waals surface area contributed by atoms with Crippen molar-refractivity contribution in [2.24, 2.45) is 11.7 Å².